The van der Waals surface area contributed by atoms with Crippen LogP contribution >= 0.6 is 0 Å². The zero-order valence-electron chi connectivity index (χ0n) is 23.4. The molecule has 0 saturated carbocycles. The fourth-order valence-corrected chi connectivity index (χ4v) is 8.12. The second-order valence-electron chi connectivity index (χ2n) is 11.0. The predicted octanol–water partition coefficient (Wildman–Crippen LogP) is 5.97. The predicted molar refractivity (Wildman–Crippen MR) is 152 cm³/mol. The van der Waals surface area contributed by atoms with Crippen LogP contribution in [0.25, 0.3) is 11.1 Å². The summed E-state index contributed by atoms with van der Waals surface area (Å²) in [5.74, 6) is -0.254. The van der Waals surface area contributed by atoms with Crippen LogP contribution in [0.2, 0.25) is 0 Å². The van der Waals surface area contributed by atoms with Gasteiger partial charge in [-0.2, -0.15) is 17.5 Å². The maximum absolute atomic E-state index is 14.0. The van der Waals surface area contributed by atoms with Crippen molar-refractivity contribution in [1.82, 2.24) is 14.5 Å². The van der Waals surface area contributed by atoms with E-state index in [1.54, 1.807) is 13.0 Å². The number of rotatable bonds is 6. The fourth-order valence-electron chi connectivity index (χ4n) is 6.41. The molecule has 3 aromatic rings. The molecule has 3 aromatic carbocycles. The van der Waals surface area contributed by atoms with E-state index < -0.39 is 26.7 Å². The van der Waals surface area contributed by atoms with Gasteiger partial charge in [0, 0.05) is 37.6 Å². The first-order chi connectivity index (χ1) is 19.4. The molecule has 2 aliphatic rings. The van der Waals surface area contributed by atoms with Crippen LogP contribution in [0.15, 0.2) is 65.6 Å². The summed E-state index contributed by atoms with van der Waals surface area (Å²) in [7, 11) is -2.51. The molecule has 0 radical (unpaired) electrons. The number of alkyl halides is 3. The molecule has 5 nitrogen and oxygen atoms in total. The zero-order valence-corrected chi connectivity index (χ0v) is 24.2. The smallest absolute Gasteiger partial charge is 0.318 e. The van der Waals surface area contributed by atoms with Crippen LogP contribution in [0.3, 0.4) is 0 Å². The lowest BCUT2D eigenvalue weighted by Crippen LogP contribution is -2.68. The Balaban J connectivity index is 1.47. The highest BCUT2D eigenvalue weighted by Crippen LogP contribution is 2.44. The van der Waals surface area contributed by atoms with Crippen LogP contribution in [0.1, 0.15) is 41.0 Å². The van der Waals surface area contributed by atoms with Gasteiger partial charge in [-0.25, -0.2) is 12.8 Å². The fraction of sp³-hybridized carbons (Fsp3) is 0.419. The van der Waals surface area contributed by atoms with Gasteiger partial charge in [-0.1, -0.05) is 42.5 Å². The number of nitrogens with zero attached hydrogens (tertiary/aromatic N) is 2. The number of halogens is 4. The maximum Gasteiger partial charge on any atom is 0.417 e. The standard InChI is InChI=1S/C31H35F4N3O2S/c1-20-21(2)26(32)15-14-24(20)22-10-12-23(13-11-22)30-27(18-36-3)38-17-7-6-16-37(19-28(30)38)41(39,40)29-9-5-4-8-25(29)31(33,34)35/h4-5,8-15,27-28,30,36H,6-7,16-19H2,1-3H3/t27?,28-,30+/m0/s1. The highest BCUT2D eigenvalue weighted by atomic mass is 32.2. The van der Waals surface area contributed by atoms with Gasteiger partial charge in [0.25, 0.3) is 0 Å². The van der Waals surface area contributed by atoms with Crippen molar-refractivity contribution in [2.24, 2.45) is 0 Å². The number of hydrogen-bond acceptors (Lipinski definition) is 4. The molecular weight excluding hydrogens is 554 g/mol. The molecule has 0 bridgehead atoms. The molecule has 2 fully saturated rings. The van der Waals surface area contributed by atoms with E-state index in [4.69, 9.17) is 0 Å². The lowest BCUT2D eigenvalue weighted by atomic mass is 9.74. The monoisotopic (exact) mass is 589 g/mol. The molecule has 5 rings (SSSR count). The second kappa shape index (κ2) is 11.5. The highest BCUT2D eigenvalue weighted by Gasteiger charge is 2.50. The van der Waals surface area contributed by atoms with Crippen molar-refractivity contribution in [1.29, 1.82) is 0 Å². The average Bonchev–Trinajstić information content (AvgIpc) is 2.92. The number of benzene rings is 3. The minimum Gasteiger partial charge on any atom is -0.318 e. The third-order valence-electron chi connectivity index (χ3n) is 8.70. The molecule has 2 aliphatic heterocycles. The summed E-state index contributed by atoms with van der Waals surface area (Å²) in [6.45, 7) is 5.43. The van der Waals surface area contributed by atoms with Crippen molar-refractivity contribution in [3.05, 3.63) is 88.7 Å². The summed E-state index contributed by atoms with van der Waals surface area (Å²) < 4.78 is 84.0. The Bertz CT molecular complexity index is 1510. The Labute approximate surface area is 239 Å². The Morgan fingerprint density at radius 2 is 1.61 bits per heavy atom. The lowest BCUT2D eigenvalue weighted by molar-refractivity contribution is -0.139. The number of hydrogen-bond donors (Lipinski definition) is 1. The van der Waals surface area contributed by atoms with Crippen LogP contribution in [0, 0.1) is 19.7 Å². The Kier molecular flexibility index (Phi) is 8.31. The minimum absolute atomic E-state index is 0.0128. The van der Waals surface area contributed by atoms with Crippen molar-refractivity contribution in [3.63, 3.8) is 0 Å². The first-order valence-corrected chi connectivity index (χ1v) is 15.3. The third-order valence-corrected chi connectivity index (χ3v) is 10.6. The number of likely N-dealkylation sites (N-methyl/N-ethyl adjacent to an activating group) is 1. The topological polar surface area (TPSA) is 52.7 Å². The normalized spacial score (nSPS) is 22.5. The van der Waals surface area contributed by atoms with Crippen molar-refractivity contribution in [2.45, 2.75) is 55.8 Å². The molecule has 0 amide bonds. The average molecular weight is 590 g/mol. The maximum atomic E-state index is 14.0. The van der Waals surface area contributed by atoms with Gasteiger partial charge in [0.05, 0.1) is 10.5 Å². The summed E-state index contributed by atoms with van der Waals surface area (Å²) in [6.07, 6.45) is -3.46. The SMILES string of the molecule is CNCC1[C@@H](c2ccc(-c3ccc(F)c(C)c3C)cc2)[C@@H]2CN(S(=O)(=O)c3ccccc3C(F)(F)F)CCCCN12. The summed E-state index contributed by atoms with van der Waals surface area (Å²) in [4.78, 5) is 1.59. The van der Waals surface area contributed by atoms with E-state index in [2.05, 4.69) is 10.2 Å². The molecule has 0 aliphatic carbocycles. The molecule has 41 heavy (non-hydrogen) atoms. The minimum atomic E-state index is -4.78. The van der Waals surface area contributed by atoms with Crippen LogP contribution in [0.5, 0.6) is 0 Å². The van der Waals surface area contributed by atoms with E-state index in [0.717, 1.165) is 47.4 Å². The van der Waals surface area contributed by atoms with Gasteiger partial charge < -0.3 is 5.32 Å². The quantitative estimate of drug-likeness (QED) is 0.360. The molecule has 1 N–H and O–H groups in total. The second-order valence-corrected chi connectivity index (χ2v) is 12.9. The molecule has 2 saturated heterocycles. The Morgan fingerprint density at radius 1 is 0.927 bits per heavy atom. The van der Waals surface area contributed by atoms with Crippen molar-refractivity contribution >= 4 is 10.0 Å². The number of sulfonamides is 1. The molecule has 10 heteroatoms. The van der Waals surface area contributed by atoms with Gasteiger partial charge in [-0.05, 0) is 86.3 Å². The summed E-state index contributed by atoms with van der Waals surface area (Å²) in [5.41, 5.74) is 3.29. The van der Waals surface area contributed by atoms with E-state index >= 15 is 0 Å². The highest BCUT2D eigenvalue weighted by molar-refractivity contribution is 7.89. The molecule has 2 heterocycles. The third kappa shape index (κ3) is 5.55. The van der Waals surface area contributed by atoms with E-state index in [9.17, 15) is 26.0 Å². The number of fused-ring (bicyclic) bond motifs is 1. The van der Waals surface area contributed by atoms with Crippen molar-refractivity contribution in [3.8, 4) is 11.1 Å². The van der Waals surface area contributed by atoms with Gasteiger partial charge >= 0.3 is 6.18 Å². The van der Waals surface area contributed by atoms with Crippen LogP contribution in [-0.4, -0.2) is 62.9 Å². The summed E-state index contributed by atoms with van der Waals surface area (Å²) >= 11 is 0. The molecular formula is C31H35F4N3O2S. The first-order valence-electron chi connectivity index (χ1n) is 13.9. The van der Waals surface area contributed by atoms with E-state index in [1.807, 2.05) is 38.2 Å². The largest absolute Gasteiger partial charge is 0.417 e. The van der Waals surface area contributed by atoms with E-state index in [0.29, 0.717) is 18.5 Å². The van der Waals surface area contributed by atoms with Gasteiger partial charge in [-0.15, -0.1) is 0 Å². The summed E-state index contributed by atoms with van der Waals surface area (Å²) in [6, 6.07) is 15.7. The van der Waals surface area contributed by atoms with Gasteiger partial charge in [-0.3, -0.25) is 4.90 Å². The van der Waals surface area contributed by atoms with Gasteiger partial charge in [0.2, 0.25) is 10.0 Å². The van der Waals surface area contributed by atoms with Crippen LogP contribution in [-0.2, 0) is 16.2 Å². The molecule has 1 unspecified atom stereocenters. The van der Waals surface area contributed by atoms with E-state index in [-0.39, 0.29) is 36.9 Å². The van der Waals surface area contributed by atoms with Crippen molar-refractivity contribution < 1.29 is 26.0 Å². The first kappa shape index (κ1) is 29.7. The Hall–Kier alpha value is -2.79. The molecule has 0 spiro atoms. The number of nitrogens with one attached hydrogen (secondary N) is 1. The Morgan fingerprint density at radius 3 is 2.29 bits per heavy atom. The lowest BCUT2D eigenvalue weighted by Gasteiger charge is -2.57. The zero-order chi connectivity index (χ0) is 29.5. The molecule has 3 atom stereocenters. The van der Waals surface area contributed by atoms with Crippen molar-refractivity contribution in [2.75, 3.05) is 33.2 Å². The van der Waals surface area contributed by atoms with Gasteiger partial charge in [0.15, 0.2) is 0 Å². The molecule has 220 valence electrons. The molecule has 0 aromatic heterocycles. The summed E-state index contributed by atoms with van der Waals surface area (Å²) in [5, 5.41) is 3.25. The van der Waals surface area contributed by atoms with E-state index in [1.165, 1.54) is 22.5 Å². The van der Waals surface area contributed by atoms with Gasteiger partial charge in [0.1, 0.15) is 5.82 Å². The van der Waals surface area contributed by atoms with Crippen LogP contribution in [0.4, 0.5) is 17.6 Å². The van der Waals surface area contributed by atoms with Crippen LogP contribution < -0.4 is 5.32 Å².